The van der Waals surface area contributed by atoms with Gasteiger partial charge >= 0.3 is 5.97 Å². The molecule has 1 saturated heterocycles. The first kappa shape index (κ1) is 16.5. The number of benzene rings is 1. The predicted molar refractivity (Wildman–Crippen MR) is 80.5 cm³/mol. The van der Waals surface area contributed by atoms with Crippen molar-refractivity contribution >= 4 is 21.7 Å². The average Bonchev–Trinajstić information content (AvgIpc) is 2.96. The van der Waals surface area contributed by atoms with Gasteiger partial charge in [-0.05, 0) is 43.5 Å². The van der Waals surface area contributed by atoms with Crippen molar-refractivity contribution in [3.8, 4) is 0 Å². The second kappa shape index (κ2) is 6.48. The normalized spacial score (nSPS) is 18.4. The molecule has 1 amide bonds. The fourth-order valence-electron chi connectivity index (χ4n) is 2.62. The van der Waals surface area contributed by atoms with Crippen LogP contribution in [0.1, 0.15) is 36.5 Å². The summed E-state index contributed by atoms with van der Waals surface area (Å²) in [5.74, 6) is -1.31. The van der Waals surface area contributed by atoms with Gasteiger partial charge in [0.25, 0.3) is 5.91 Å². The Hall–Kier alpha value is -1.89. The molecule has 1 atom stereocenters. The minimum Gasteiger partial charge on any atom is -0.480 e. The summed E-state index contributed by atoms with van der Waals surface area (Å²) in [7, 11) is -3.32. The third-order valence-electron chi connectivity index (χ3n) is 3.73. The third kappa shape index (κ3) is 3.30. The highest BCUT2D eigenvalue weighted by Gasteiger charge is 2.34. The van der Waals surface area contributed by atoms with E-state index in [-0.39, 0.29) is 16.6 Å². The van der Waals surface area contributed by atoms with E-state index in [1.807, 2.05) is 0 Å². The maximum atomic E-state index is 12.4. The summed E-state index contributed by atoms with van der Waals surface area (Å²) in [6.07, 6.45) is 1.63. The molecule has 0 bridgehead atoms. The Balaban J connectivity index is 2.20. The zero-order valence-electron chi connectivity index (χ0n) is 12.4. The summed E-state index contributed by atoms with van der Waals surface area (Å²) in [4.78, 5) is 25.0. The summed E-state index contributed by atoms with van der Waals surface area (Å²) < 4.78 is 23.9. The molecule has 6 nitrogen and oxygen atoms in total. The Bertz CT molecular complexity index is 666. The van der Waals surface area contributed by atoms with Gasteiger partial charge in [-0.3, -0.25) is 4.79 Å². The van der Waals surface area contributed by atoms with Crippen LogP contribution in [0.15, 0.2) is 29.2 Å². The van der Waals surface area contributed by atoms with Gasteiger partial charge in [-0.1, -0.05) is 6.92 Å². The van der Waals surface area contributed by atoms with E-state index < -0.39 is 21.8 Å². The predicted octanol–water partition coefficient (Wildman–Crippen LogP) is 1.56. The molecular weight excluding hydrogens is 306 g/mol. The van der Waals surface area contributed by atoms with Crippen molar-refractivity contribution in [2.24, 2.45) is 0 Å². The number of aliphatic carboxylic acids is 1. The second-order valence-corrected chi connectivity index (χ2v) is 7.45. The molecule has 0 saturated carbocycles. The van der Waals surface area contributed by atoms with Gasteiger partial charge in [0.15, 0.2) is 9.84 Å². The van der Waals surface area contributed by atoms with E-state index in [4.69, 9.17) is 5.11 Å². The maximum absolute atomic E-state index is 12.4. The molecule has 0 radical (unpaired) electrons. The summed E-state index contributed by atoms with van der Waals surface area (Å²) in [6.45, 7) is 2.19. The van der Waals surface area contributed by atoms with Gasteiger partial charge in [-0.25, -0.2) is 13.2 Å². The van der Waals surface area contributed by atoms with E-state index in [1.54, 1.807) is 6.92 Å². The number of carboxylic acids is 1. The highest BCUT2D eigenvalue weighted by Crippen LogP contribution is 2.21. The van der Waals surface area contributed by atoms with Gasteiger partial charge < -0.3 is 10.0 Å². The molecule has 1 heterocycles. The maximum Gasteiger partial charge on any atom is 0.326 e. The first-order valence-corrected chi connectivity index (χ1v) is 8.88. The van der Waals surface area contributed by atoms with E-state index in [0.29, 0.717) is 31.4 Å². The Kier molecular flexibility index (Phi) is 4.85. The fourth-order valence-corrected chi connectivity index (χ4v) is 3.95. The van der Waals surface area contributed by atoms with Crippen LogP contribution in [0.3, 0.4) is 0 Å². The van der Waals surface area contributed by atoms with Crippen molar-refractivity contribution in [3.05, 3.63) is 29.8 Å². The van der Waals surface area contributed by atoms with Crippen molar-refractivity contribution < 1.29 is 23.1 Å². The lowest BCUT2D eigenvalue weighted by molar-refractivity contribution is -0.141. The molecule has 1 aromatic carbocycles. The lowest BCUT2D eigenvalue weighted by atomic mass is 10.1. The van der Waals surface area contributed by atoms with Crippen molar-refractivity contribution in [1.82, 2.24) is 4.90 Å². The molecule has 22 heavy (non-hydrogen) atoms. The quantitative estimate of drug-likeness (QED) is 0.887. The molecule has 0 aliphatic carbocycles. The van der Waals surface area contributed by atoms with Crippen LogP contribution in [0, 0.1) is 0 Å². The summed E-state index contributed by atoms with van der Waals surface area (Å²) in [5.41, 5.74) is 0.309. The van der Waals surface area contributed by atoms with Crippen LogP contribution in [-0.2, 0) is 14.6 Å². The van der Waals surface area contributed by atoms with Crippen molar-refractivity contribution in [1.29, 1.82) is 0 Å². The number of likely N-dealkylation sites (tertiary alicyclic amines) is 1. The second-order valence-electron chi connectivity index (χ2n) is 5.34. The highest BCUT2D eigenvalue weighted by atomic mass is 32.2. The molecule has 0 spiro atoms. The molecule has 1 aromatic rings. The number of sulfone groups is 1. The molecule has 1 N–H and O–H groups in total. The third-order valence-corrected chi connectivity index (χ3v) is 5.67. The minimum absolute atomic E-state index is 0.0630. The van der Waals surface area contributed by atoms with Gasteiger partial charge in [0, 0.05) is 12.1 Å². The Morgan fingerprint density at radius 3 is 2.45 bits per heavy atom. The van der Waals surface area contributed by atoms with Crippen LogP contribution >= 0.6 is 0 Å². The van der Waals surface area contributed by atoms with E-state index in [0.717, 1.165) is 0 Å². The minimum atomic E-state index is -3.32. The number of hydrogen-bond donors (Lipinski definition) is 1. The van der Waals surface area contributed by atoms with E-state index >= 15 is 0 Å². The number of carboxylic acid groups (broad SMARTS) is 1. The Morgan fingerprint density at radius 2 is 1.91 bits per heavy atom. The van der Waals surface area contributed by atoms with Crippen molar-refractivity contribution in [3.63, 3.8) is 0 Å². The Morgan fingerprint density at radius 1 is 1.27 bits per heavy atom. The molecule has 0 aromatic heterocycles. The van der Waals surface area contributed by atoms with Gasteiger partial charge in [-0.15, -0.1) is 0 Å². The van der Waals surface area contributed by atoms with Gasteiger partial charge in [0.2, 0.25) is 0 Å². The van der Waals surface area contributed by atoms with E-state index in [2.05, 4.69) is 0 Å². The molecule has 1 aliphatic rings. The monoisotopic (exact) mass is 325 g/mol. The standard InChI is InChI=1S/C15H19NO5S/c1-2-10-22(20,21)12-7-5-11(6-8-12)14(17)16-9-3-4-13(16)15(18)19/h5-8,13H,2-4,9-10H2,1H3,(H,18,19)/t13-/m0/s1. The average molecular weight is 325 g/mol. The molecular formula is C15H19NO5S. The van der Waals surface area contributed by atoms with E-state index in [1.165, 1.54) is 29.2 Å². The molecule has 1 aliphatic heterocycles. The van der Waals surface area contributed by atoms with Crippen LogP contribution in [0.4, 0.5) is 0 Å². The van der Waals surface area contributed by atoms with Crippen LogP contribution in [-0.4, -0.2) is 48.6 Å². The fraction of sp³-hybridized carbons (Fsp3) is 0.467. The number of hydrogen-bond acceptors (Lipinski definition) is 4. The zero-order chi connectivity index (χ0) is 16.3. The van der Waals surface area contributed by atoms with Crippen LogP contribution < -0.4 is 0 Å². The molecule has 2 rings (SSSR count). The number of rotatable bonds is 5. The molecule has 7 heteroatoms. The number of carbonyl (C=O) groups is 2. The van der Waals surface area contributed by atoms with Crippen molar-refractivity contribution in [2.75, 3.05) is 12.3 Å². The Labute approximate surface area is 129 Å². The van der Waals surface area contributed by atoms with E-state index in [9.17, 15) is 18.0 Å². The van der Waals surface area contributed by atoms with Gasteiger partial charge in [0.05, 0.1) is 10.6 Å². The lowest BCUT2D eigenvalue weighted by Gasteiger charge is -2.21. The first-order valence-electron chi connectivity index (χ1n) is 7.23. The van der Waals surface area contributed by atoms with Gasteiger partial charge in [0.1, 0.15) is 6.04 Å². The SMILES string of the molecule is CCCS(=O)(=O)c1ccc(C(=O)N2CCC[C@H]2C(=O)O)cc1. The molecule has 0 unspecified atom stereocenters. The lowest BCUT2D eigenvalue weighted by Crippen LogP contribution is -2.40. The summed E-state index contributed by atoms with van der Waals surface area (Å²) >= 11 is 0. The summed E-state index contributed by atoms with van der Waals surface area (Å²) in [6, 6.07) is 4.91. The summed E-state index contributed by atoms with van der Waals surface area (Å²) in [5, 5.41) is 9.12. The largest absolute Gasteiger partial charge is 0.480 e. The van der Waals surface area contributed by atoms with Crippen molar-refractivity contribution in [2.45, 2.75) is 37.1 Å². The van der Waals surface area contributed by atoms with Gasteiger partial charge in [-0.2, -0.15) is 0 Å². The molecule has 120 valence electrons. The number of carbonyl (C=O) groups excluding carboxylic acids is 1. The van der Waals surface area contributed by atoms with Crippen LogP contribution in [0.2, 0.25) is 0 Å². The zero-order valence-corrected chi connectivity index (χ0v) is 13.2. The molecule has 1 fully saturated rings. The highest BCUT2D eigenvalue weighted by molar-refractivity contribution is 7.91. The smallest absolute Gasteiger partial charge is 0.326 e. The van der Waals surface area contributed by atoms with Crippen LogP contribution in [0.25, 0.3) is 0 Å². The topological polar surface area (TPSA) is 91.8 Å². The number of amides is 1. The number of nitrogens with zero attached hydrogens (tertiary/aromatic N) is 1. The van der Waals surface area contributed by atoms with Crippen LogP contribution in [0.5, 0.6) is 0 Å². The first-order chi connectivity index (χ1) is 10.4.